The zero-order chi connectivity index (χ0) is 23.1. The predicted molar refractivity (Wildman–Crippen MR) is 126 cm³/mol. The van der Waals surface area contributed by atoms with Gasteiger partial charge in [0.1, 0.15) is 0 Å². The van der Waals surface area contributed by atoms with Gasteiger partial charge in [0, 0.05) is 55.5 Å². The molecule has 0 spiro atoms. The van der Waals surface area contributed by atoms with Crippen LogP contribution in [0.2, 0.25) is 0 Å². The molecule has 0 saturated carbocycles. The lowest BCUT2D eigenvalue weighted by Crippen LogP contribution is -1.90. The third-order valence-electron chi connectivity index (χ3n) is 4.06. The lowest BCUT2D eigenvalue weighted by Gasteiger charge is -1.96. The van der Waals surface area contributed by atoms with Crippen molar-refractivity contribution < 1.29 is 4.74 Å². The van der Waals surface area contributed by atoms with E-state index in [2.05, 4.69) is 33.0 Å². The van der Waals surface area contributed by atoms with Crippen molar-refractivity contribution in [1.29, 1.82) is 0 Å². The molecule has 164 valence electrons. The van der Waals surface area contributed by atoms with Gasteiger partial charge in [-0.05, 0) is 87.7 Å². The molecule has 4 aromatic rings. The molecule has 0 aliphatic rings. The van der Waals surface area contributed by atoms with Crippen LogP contribution < -0.4 is 4.74 Å². The first-order valence-electron chi connectivity index (χ1n) is 9.99. The van der Waals surface area contributed by atoms with Crippen molar-refractivity contribution in [3.8, 4) is 5.88 Å². The van der Waals surface area contributed by atoms with Crippen molar-refractivity contribution in [3.63, 3.8) is 0 Å². The van der Waals surface area contributed by atoms with Gasteiger partial charge in [-0.1, -0.05) is 0 Å². The van der Waals surface area contributed by atoms with E-state index >= 15 is 0 Å². The van der Waals surface area contributed by atoms with Crippen LogP contribution in [0.4, 0.5) is 0 Å². The highest BCUT2D eigenvalue weighted by Gasteiger charge is 1.88. The van der Waals surface area contributed by atoms with Gasteiger partial charge in [-0.3, -0.25) is 14.6 Å². The van der Waals surface area contributed by atoms with Gasteiger partial charge in [0.25, 0.3) is 0 Å². The summed E-state index contributed by atoms with van der Waals surface area (Å²) in [5, 5.41) is 3.93. The maximum Gasteiger partial charge on any atom is 0.213 e. The standard InChI is InChI=1S/C7H9NO.C7H9N.C6H7N.C5H8N2/c1-6-3-4-8-7(5-6)9-2;1-6-3-4-8-7(2)5-6;1-6-2-4-7-5-3-6;1-5-3-4-6-7(5)2/h3-5H,1-2H3;3-5H,1-2H3;2-5H,1H3;3-4H,1-2H3. The van der Waals surface area contributed by atoms with Crippen molar-refractivity contribution >= 4 is 0 Å². The van der Waals surface area contributed by atoms with Crippen molar-refractivity contribution in [2.24, 2.45) is 7.05 Å². The number of aromatic nitrogens is 5. The van der Waals surface area contributed by atoms with Gasteiger partial charge in [0.15, 0.2) is 0 Å². The van der Waals surface area contributed by atoms with Crippen molar-refractivity contribution in [2.45, 2.75) is 34.6 Å². The molecule has 6 heteroatoms. The van der Waals surface area contributed by atoms with E-state index < -0.39 is 0 Å². The third kappa shape index (κ3) is 11.9. The molecule has 0 radical (unpaired) electrons. The van der Waals surface area contributed by atoms with Crippen LogP contribution in [-0.2, 0) is 7.05 Å². The first-order valence-corrected chi connectivity index (χ1v) is 9.99. The SMILES string of the molecule is COc1cc(C)ccn1.Cc1ccnc(C)c1.Cc1ccncc1.Cc1ccnn1C. The Balaban J connectivity index is 0.000000208. The van der Waals surface area contributed by atoms with Gasteiger partial charge in [-0.2, -0.15) is 5.10 Å². The number of ether oxygens (including phenoxy) is 1. The van der Waals surface area contributed by atoms with Crippen molar-refractivity contribution in [3.05, 3.63) is 102 Å². The zero-order valence-corrected chi connectivity index (χ0v) is 19.6. The van der Waals surface area contributed by atoms with E-state index in [0.717, 1.165) is 5.69 Å². The average Bonchev–Trinajstić information content (AvgIpc) is 3.12. The number of nitrogens with zero attached hydrogens (tertiary/aromatic N) is 5. The minimum Gasteiger partial charge on any atom is -0.481 e. The highest BCUT2D eigenvalue weighted by atomic mass is 16.5. The second-order valence-corrected chi connectivity index (χ2v) is 6.97. The average molecular weight is 420 g/mol. The number of hydrogen-bond donors (Lipinski definition) is 0. The number of aryl methyl sites for hydroxylation is 6. The lowest BCUT2D eigenvalue weighted by molar-refractivity contribution is 0.397. The molecule has 0 aliphatic carbocycles. The maximum atomic E-state index is 4.88. The second-order valence-electron chi connectivity index (χ2n) is 6.97. The number of methoxy groups -OCH3 is 1. The quantitative estimate of drug-likeness (QED) is 0.423. The highest BCUT2D eigenvalue weighted by molar-refractivity contribution is 5.18. The summed E-state index contributed by atoms with van der Waals surface area (Å²) in [7, 11) is 3.54. The van der Waals surface area contributed by atoms with Gasteiger partial charge < -0.3 is 4.74 Å². The Hall–Kier alpha value is -3.54. The molecule has 4 aromatic heterocycles. The minimum absolute atomic E-state index is 0.676. The molecule has 0 amide bonds. The topological polar surface area (TPSA) is 65.7 Å². The summed E-state index contributed by atoms with van der Waals surface area (Å²) in [6.07, 6.45) is 8.92. The van der Waals surface area contributed by atoms with Crippen LogP contribution in [-0.4, -0.2) is 31.8 Å². The van der Waals surface area contributed by atoms with Gasteiger partial charge >= 0.3 is 0 Å². The van der Waals surface area contributed by atoms with E-state index in [4.69, 9.17) is 4.74 Å². The molecule has 0 bridgehead atoms. The first-order chi connectivity index (χ1) is 14.8. The molecule has 0 unspecified atom stereocenters. The molecule has 0 N–H and O–H groups in total. The molecule has 0 saturated heterocycles. The molecule has 0 aromatic carbocycles. The van der Waals surface area contributed by atoms with Crippen LogP contribution in [0.15, 0.2) is 73.4 Å². The van der Waals surface area contributed by atoms with Gasteiger partial charge in [0.2, 0.25) is 5.88 Å². The van der Waals surface area contributed by atoms with Gasteiger partial charge in [-0.15, -0.1) is 0 Å². The maximum absolute atomic E-state index is 4.88. The second kappa shape index (κ2) is 14.4. The van der Waals surface area contributed by atoms with E-state index in [-0.39, 0.29) is 0 Å². The summed E-state index contributed by atoms with van der Waals surface area (Å²) >= 11 is 0. The summed E-state index contributed by atoms with van der Waals surface area (Å²) in [5.74, 6) is 0.676. The monoisotopic (exact) mass is 419 g/mol. The zero-order valence-electron chi connectivity index (χ0n) is 19.6. The minimum atomic E-state index is 0.676. The van der Waals surface area contributed by atoms with Crippen molar-refractivity contribution in [1.82, 2.24) is 24.7 Å². The highest BCUT2D eigenvalue weighted by Crippen LogP contribution is 2.05. The molecule has 4 rings (SSSR count). The van der Waals surface area contributed by atoms with E-state index in [1.165, 1.54) is 22.4 Å². The smallest absolute Gasteiger partial charge is 0.213 e. The molecule has 0 fully saturated rings. The van der Waals surface area contributed by atoms with Crippen LogP contribution in [0.1, 0.15) is 28.1 Å². The molecule has 6 nitrogen and oxygen atoms in total. The number of rotatable bonds is 1. The van der Waals surface area contributed by atoms with Gasteiger partial charge in [-0.25, -0.2) is 4.98 Å². The lowest BCUT2D eigenvalue weighted by atomic mass is 10.3. The van der Waals surface area contributed by atoms with Crippen molar-refractivity contribution in [2.75, 3.05) is 7.11 Å². The summed E-state index contributed by atoms with van der Waals surface area (Å²) in [4.78, 5) is 11.8. The van der Waals surface area contributed by atoms with E-state index in [1.807, 2.05) is 82.0 Å². The summed E-state index contributed by atoms with van der Waals surface area (Å²) in [6.45, 7) is 10.1. The fourth-order valence-corrected chi connectivity index (χ4v) is 2.17. The van der Waals surface area contributed by atoms with E-state index in [9.17, 15) is 0 Å². The molecule has 4 heterocycles. The van der Waals surface area contributed by atoms with Crippen LogP contribution in [0.5, 0.6) is 5.88 Å². The van der Waals surface area contributed by atoms with E-state index in [1.54, 1.807) is 31.9 Å². The summed E-state index contributed by atoms with van der Waals surface area (Å²) < 4.78 is 6.72. The fraction of sp³-hybridized carbons (Fsp3) is 0.280. The van der Waals surface area contributed by atoms with E-state index in [0.29, 0.717) is 5.88 Å². The third-order valence-corrected chi connectivity index (χ3v) is 4.06. The van der Waals surface area contributed by atoms with Crippen LogP contribution in [0.25, 0.3) is 0 Å². The van der Waals surface area contributed by atoms with Crippen LogP contribution in [0, 0.1) is 34.6 Å². The first kappa shape index (κ1) is 25.5. The number of pyridine rings is 3. The predicted octanol–water partition coefficient (Wildman–Crippen LogP) is 5.22. The fourth-order valence-electron chi connectivity index (χ4n) is 2.17. The Kier molecular flexibility index (Phi) is 11.9. The normalized spacial score (nSPS) is 9.13. The molecule has 31 heavy (non-hydrogen) atoms. The summed E-state index contributed by atoms with van der Waals surface area (Å²) in [5.41, 5.74) is 5.99. The largest absolute Gasteiger partial charge is 0.481 e. The Morgan fingerprint density at radius 1 is 0.677 bits per heavy atom. The Bertz CT molecular complexity index is 966. The molecular weight excluding hydrogens is 386 g/mol. The Labute approximate surface area is 186 Å². The Morgan fingerprint density at radius 2 is 1.26 bits per heavy atom. The van der Waals surface area contributed by atoms with Crippen LogP contribution >= 0.6 is 0 Å². The van der Waals surface area contributed by atoms with Crippen LogP contribution in [0.3, 0.4) is 0 Å². The Morgan fingerprint density at radius 3 is 1.55 bits per heavy atom. The molecule has 0 atom stereocenters. The van der Waals surface area contributed by atoms with Gasteiger partial charge in [0.05, 0.1) is 7.11 Å². The molecular formula is C25H33N5O. The number of hydrogen-bond acceptors (Lipinski definition) is 5. The summed E-state index contributed by atoms with van der Waals surface area (Å²) in [6, 6.07) is 13.8. The molecule has 0 aliphatic heterocycles.